The van der Waals surface area contributed by atoms with Crippen molar-refractivity contribution in [2.24, 2.45) is 0 Å². The number of ether oxygens (including phenoxy) is 1. The van der Waals surface area contributed by atoms with E-state index in [4.69, 9.17) is 14.8 Å². The zero-order chi connectivity index (χ0) is 24.1. The summed E-state index contributed by atoms with van der Waals surface area (Å²) >= 11 is 1.55. The second-order valence-electron chi connectivity index (χ2n) is 9.45. The molecule has 6 heteroatoms. The lowest BCUT2D eigenvalue weighted by molar-refractivity contribution is 0.223. The lowest BCUT2D eigenvalue weighted by Gasteiger charge is -2.39. The fraction of sp³-hybridized carbons (Fsp3) is 0.241. The summed E-state index contributed by atoms with van der Waals surface area (Å²) < 4.78 is 8.76. The Kier molecular flexibility index (Phi) is 5.41. The third-order valence-corrected chi connectivity index (χ3v) is 7.38. The van der Waals surface area contributed by atoms with Gasteiger partial charge in [-0.3, -0.25) is 0 Å². The minimum atomic E-state index is -0.255. The van der Waals surface area contributed by atoms with Crippen molar-refractivity contribution in [3.8, 4) is 5.75 Å². The first-order valence-electron chi connectivity index (χ1n) is 12.0. The lowest BCUT2D eigenvalue weighted by atomic mass is 9.84. The van der Waals surface area contributed by atoms with Gasteiger partial charge in [-0.25, -0.2) is 4.68 Å². The Labute approximate surface area is 210 Å². The summed E-state index contributed by atoms with van der Waals surface area (Å²) in [6.45, 7) is 6.55. The number of para-hydroxylation sites is 1. The zero-order valence-electron chi connectivity index (χ0n) is 20.3. The molecule has 3 aromatic carbocycles. The average Bonchev–Trinajstić information content (AvgIpc) is 3.30. The van der Waals surface area contributed by atoms with Gasteiger partial charge in [0.1, 0.15) is 17.9 Å². The Morgan fingerprint density at radius 3 is 2.37 bits per heavy atom. The van der Waals surface area contributed by atoms with Gasteiger partial charge < -0.3 is 10.1 Å². The number of benzene rings is 3. The Morgan fingerprint density at radius 1 is 0.943 bits per heavy atom. The standard InChI is InChI=1S/C29H28N4OS/c1-17(2)19-13-15-21(16-14-19)27-24-25(22-7-5-6-8-23(22)34-27)30-28-31-29(35-4)32-33(28)26(24)20-11-9-18(3)10-12-20/h5-17,26-27H,1-4H3,(H,30,31,32)/t26-,27+/m1/s1. The van der Waals surface area contributed by atoms with E-state index in [9.17, 15) is 0 Å². The monoisotopic (exact) mass is 480 g/mol. The molecule has 0 saturated heterocycles. The number of thioether (sulfide) groups is 1. The molecule has 3 heterocycles. The van der Waals surface area contributed by atoms with Crippen molar-refractivity contribution >= 4 is 23.4 Å². The van der Waals surface area contributed by atoms with Gasteiger partial charge in [0, 0.05) is 11.1 Å². The predicted octanol–water partition coefficient (Wildman–Crippen LogP) is 6.99. The van der Waals surface area contributed by atoms with E-state index in [0.29, 0.717) is 5.92 Å². The molecule has 0 radical (unpaired) electrons. The maximum atomic E-state index is 6.75. The molecular weight excluding hydrogens is 452 g/mol. The molecule has 0 saturated carbocycles. The number of anilines is 1. The number of fused-ring (bicyclic) bond motifs is 3. The van der Waals surface area contributed by atoms with Crippen molar-refractivity contribution in [1.29, 1.82) is 0 Å². The topological polar surface area (TPSA) is 52.0 Å². The molecule has 0 spiro atoms. The molecule has 2 atom stereocenters. The van der Waals surface area contributed by atoms with E-state index in [1.54, 1.807) is 11.8 Å². The number of aromatic nitrogens is 3. The van der Waals surface area contributed by atoms with E-state index in [0.717, 1.165) is 44.8 Å². The summed E-state index contributed by atoms with van der Waals surface area (Å²) in [7, 11) is 0. The highest BCUT2D eigenvalue weighted by Crippen LogP contribution is 2.50. The molecule has 176 valence electrons. The van der Waals surface area contributed by atoms with Gasteiger partial charge >= 0.3 is 0 Å². The van der Waals surface area contributed by atoms with E-state index in [2.05, 4.69) is 86.8 Å². The summed E-state index contributed by atoms with van der Waals surface area (Å²) in [5, 5.41) is 9.25. The Hall–Kier alpha value is -3.51. The number of nitrogens with zero attached hydrogens (tertiary/aromatic N) is 3. The maximum absolute atomic E-state index is 6.75. The van der Waals surface area contributed by atoms with E-state index >= 15 is 0 Å². The van der Waals surface area contributed by atoms with Crippen molar-refractivity contribution in [1.82, 2.24) is 14.8 Å². The van der Waals surface area contributed by atoms with Gasteiger partial charge in [0.25, 0.3) is 0 Å². The highest BCUT2D eigenvalue weighted by Gasteiger charge is 2.41. The number of rotatable bonds is 4. The molecule has 5 nitrogen and oxygen atoms in total. The molecule has 1 N–H and O–H groups in total. The number of aryl methyl sites for hydroxylation is 1. The average molecular weight is 481 g/mol. The SMILES string of the molecule is CSc1nc2n(n1)[C@H](c1ccc(C)cc1)C1=C(N2)c2ccccc2O[C@H]1c1ccc(C(C)C)cc1. The van der Waals surface area contributed by atoms with Crippen molar-refractivity contribution in [2.75, 3.05) is 11.6 Å². The second kappa shape index (κ2) is 8.61. The summed E-state index contributed by atoms with van der Waals surface area (Å²) in [4.78, 5) is 4.78. The van der Waals surface area contributed by atoms with Gasteiger partial charge in [-0.15, -0.1) is 5.10 Å². The number of hydrogen-bond donors (Lipinski definition) is 1. The van der Waals surface area contributed by atoms with Crippen LogP contribution in [0.3, 0.4) is 0 Å². The third kappa shape index (κ3) is 3.73. The highest BCUT2D eigenvalue weighted by molar-refractivity contribution is 7.98. The zero-order valence-corrected chi connectivity index (χ0v) is 21.1. The summed E-state index contributed by atoms with van der Waals surface area (Å²) in [6, 6.07) is 25.6. The minimum Gasteiger partial charge on any atom is -0.480 e. The summed E-state index contributed by atoms with van der Waals surface area (Å²) in [5.74, 6) is 2.10. The van der Waals surface area contributed by atoms with Crippen molar-refractivity contribution in [3.63, 3.8) is 0 Å². The van der Waals surface area contributed by atoms with Crippen LogP contribution in [0.15, 0.2) is 83.5 Å². The third-order valence-electron chi connectivity index (χ3n) is 6.84. The van der Waals surface area contributed by atoms with E-state index in [-0.39, 0.29) is 12.1 Å². The van der Waals surface area contributed by atoms with E-state index in [1.807, 2.05) is 23.1 Å². The van der Waals surface area contributed by atoms with Crippen LogP contribution in [0.4, 0.5) is 5.95 Å². The van der Waals surface area contributed by atoms with Crippen molar-refractivity contribution in [3.05, 3.63) is 106 Å². The molecule has 1 aromatic heterocycles. The molecule has 0 unspecified atom stereocenters. The molecular formula is C29H28N4OS. The summed E-state index contributed by atoms with van der Waals surface area (Å²) in [6.07, 6.45) is 1.75. The first-order chi connectivity index (χ1) is 17.0. The minimum absolute atomic E-state index is 0.140. The van der Waals surface area contributed by atoms with Crippen LogP contribution in [0.25, 0.3) is 5.70 Å². The Bertz CT molecular complexity index is 1420. The molecule has 0 fully saturated rings. The molecule has 4 aromatic rings. The van der Waals surface area contributed by atoms with Gasteiger partial charge in [0.15, 0.2) is 0 Å². The fourth-order valence-corrected chi connectivity index (χ4v) is 5.29. The van der Waals surface area contributed by atoms with Crippen LogP contribution in [0.5, 0.6) is 5.75 Å². The Morgan fingerprint density at radius 2 is 1.66 bits per heavy atom. The number of nitrogens with one attached hydrogen (secondary N) is 1. The van der Waals surface area contributed by atoms with Crippen LogP contribution < -0.4 is 10.1 Å². The summed E-state index contributed by atoms with van der Waals surface area (Å²) in [5.41, 5.74) is 8.09. The van der Waals surface area contributed by atoms with Crippen LogP contribution in [-0.2, 0) is 0 Å². The normalized spacial score (nSPS) is 18.4. The molecule has 6 rings (SSSR count). The molecule has 2 aliphatic heterocycles. The first-order valence-corrected chi connectivity index (χ1v) is 13.2. The van der Waals surface area contributed by atoms with Crippen molar-refractivity contribution in [2.45, 2.75) is 44.0 Å². The molecule has 0 amide bonds. The van der Waals surface area contributed by atoms with E-state index < -0.39 is 0 Å². The lowest BCUT2D eigenvalue weighted by Crippen LogP contribution is -2.32. The van der Waals surface area contributed by atoms with Gasteiger partial charge in [-0.1, -0.05) is 91.8 Å². The van der Waals surface area contributed by atoms with Gasteiger partial charge in [-0.05, 0) is 47.9 Å². The Balaban J connectivity index is 1.59. The maximum Gasteiger partial charge on any atom is 0.227 e. The fourth-order valence-electron chi connectivity index (χ4n) is 4.94. The second-order valence-corrected chi connectivity index (χ2v) is 10.2. The van der Waals surface area contributed by atoms with Crippen LogP contribution in [-0.4, -0.2) is 21.0 Å². The van der Waals surface area contributed by atoms with Crippen molar-refractivity contribution < 1.29 is 4.74 Å². The quantitative estimate of drug-likeness (QED) is 0.319. The van der Waals surface area contributed by atoms with Crippen LogP contribution in [0, 0.1) is 6.92 Å². The smallest absolute Gasteiger partial charge is 0.227 e. The predicted molar refractivity (Wildman–Crippen MR) is 142 cm³/mol. The molecule has 0 aliphatic carbocycles. The first kappa shape index (κ1) is 22.0. The molecule has 2 aliphatic rings. The number of hydrogen-bond acceptors (Lipinski definition) is 5. The molecule has 35 heavy (non-hydrogen) atoms. The van der Waals surface area contributed by atoms with Crippen LogP contribution in [0.2, 0.25) is 0 Å². The van der Waals surface area contributed by atoms with Gasteiger partial charge in [-0.2, -0.15) is 4.98 Å². The van der Waals surface area contributed by atoms with Gasteiger partial charge in [0.2, 0.25) is 11.1 Å². The van der Waals surface area contributed by atoms with E-state index in [1.165, 1.54) is 11.1 Å². The molecule has 0 bridgehead atoms. The largest absolute Gasteiger partial charge is 0.480 e. The van der Waals surface area contributed by atoms with Crippen LogP contribution >= 0.6 is 11.8 Å². The highest BCUT2D eigenvalue weighted by atomic mass is 32.2. The van der Waals surface area contributed by atoms with Gasteiger partial charge in [0.05, 0.1) is 5.70 Å². The van der Waals surface area contributed by atoms with Crippen LogP contribution in [0.1, 0.15) is 59.7 Å².